The molecule has 4 aliphatic rings. The highest BCUT2D eigenvalue weighted by molar-refractivity contribution is 7.23. The van der Waals surface area contributed by atoms with Crippen molar-refractivity contribution in [3.8, 4) is 23.3 Å². The maximum absolute atomic E-state index is 17.1. The molecular weight excluding hydrogens is 701 g/mol. The molecule has 2 bridgehead atoms. The van der Waals surface area contributed by atoms with Crippen LogP contribution in [0, 0.1) is 28.4 Å². The molecule has 51 heavy (non-hydrogen) atoms. The summed E-state index contributed by atoms with van der Waals surface area (Å²) in [6.45, 7) is 6.51. The largest absolute Gasteiger partial charge is 0.463 e. The molecule has 15 heteroatoms. The Labute approximate surface area is 302 Å². The maximum Gasteiger partial charge on any atom is 0.319 e. The molecule has 1 aromatic carbocycles. The van der Waals surface area contributed by atoms with Gasteiger partial charge in [0.1, 0.15) is 22.4 Å². The summed E-state index contributed by atoms with van der Waals surface area (Å²) in [6.07, 6.45) is 6.42. The predicted octanol–water partition coefficient (Wildman–Crippen LogP) is 6.43. The lowest BCUT2D eigenvalue weighted by Crippen LogP contribution is -2.55. The van der Waals surface area contributed by atoms with E-state index in [0.29, 0.717) is 50.3 Å². The van der Waals surface area contributed by atoms with Crippen LogP contribution in [0.1, 0.15) is 51.0 Å². The van der Waals surface area contributed by atoms with Gasteiger partial charge in [-0.3, -0.25) is 9.88 Å². The first-order valence-corrected chi connectivity index (χ1v) is 18.6. The van der Waals surface area contributed by atoms with Crippen molar-refractivity contribution in [3.63, 3.8) is 0 Å². The fraction of sp³-hybridized carbons (Fsp3) is 0.500. The van der Waals surface area contributed by atoms with Crippen LogP contribution in [0.2, 0.25) is 5.02 Å². The lowest BCUT2D eigenvalue weighted by molar-refractivity contribution is 0.111. The third kappa shape index (κ3) is 6.27. The standard InChI is InChI=1S/C36H38ClF3N8O2S/c1-19(49)14-47-15-21-2-3-22(16-47)48(21)34-23-10-25(37)28(31-27-24(12-41)33(42)51-32(27)26(39)13-43-31)29(40)30(23)44-35(45-34)50-18-36(6-7-36)17-46-8-4-20(11-38)5-9-46/h10-11,13,19,21-22,49H,2-9,14-18,42H2,1H3/t19-,21?,22?/m1/s1. The molecule has 0 amide bonds. The van der Waals surface area contributed by atoms with Crippen LogP contribution in [-0.4, -0.2) is 93.9 Å². The number of hydrogen-bond acceptors (Lipinski definition) is 11. The molecular formula is C36H38ClF3N8O2S. The molecule has 10 nitrogen and oxygen atoms in total. The quantitative estimate of drug-likeness (QED) is 0.198. The maximum atomic E-state index is 17.1. The van der Waals surface area contributed by atoms with E-state index in [4.69, 9.17) is 27.1 Å². The Morgan fingerprint density at radius 1 is 1.20 bits per heavy atom. The van der Waals surface area contributed by atoms with Crippen LogP contribution in [0.15, 0.2) is 24.2 Å². The Kier molecular flexibility index (Phi) is 8.99. The van der Waals surface area contributed by atoms with E-state index < -0.39 is 17.7 Å². The molecule has 3 N–H and O–H groups in total. The smallest absolute Gasteiger partial charge is 0.319 e. The summed E-state index contributed by atoms with van der Waals surface area (Å²) in [7, 11) is 0. The van der Waals surface area contributed by atoms with Crippen molar-refractivity contribution >= 4 is 54.7 Å². The van der Waals surface area contributed by atoms with Gasteiger partial charge in [0, 0.05) is 67.5 Å². The highest BCUT2D eigenvalue weighted by atomic mass is 35.5. The second-order valence-corrected chi connectivity index (χ2v) is 16.0. The van der Waals surface area contributed by atoms with Crippen LogP contribution in [-0.2, 0) is 0 Å². The number of pyridine rings is 1. The number of benzene rings is 1. The van der Waals surface area contributed by atoms with Crippen LogP contribution < -0.4 is 15.4 Å². The van der Waals surface area contributed by atoms with Gasteiger partial charge in [-0.1, -0.05) is 11.6 Å². The summed E-state index contributed by atoms with van der Waals surface area (Å²) in [5, 5.41) is 20.6. The lowest BCUT2D eigenvalue weighted by atomic mass is 10.0. The van der Waals surface area contributed by atoms with E-state index in [9.17, 15) is 19.1 Å². The first kappa shape index (κ1) is 34.4. The van der Waals surface area contributed by atoms with Gasteiger partial charge in [0.05, 0.1) is 51.8 Å². The van der Waals surface area contributed by atoms with E-state index in [-0.39, 0.29) is 66.0 Å². The van der Waals surface area contributed by atoms with E-state index in [1.165, 1.54) is 0 Å². The SMILES string of the molecule is C[C@@H](O)CN1CC2CCC(C1)N2c1nc(OCC2(CN3CCC(=CF)CC3)CC2)nc2c(F)c(-c3ncc(F)c4sc(N)c(C#N)c34)c(Cl)cc12. The Bertz CT molecular complexity index is 2080. The molecule has 3 aliphatic heterocycles. The molecule has 6 heterocycles. The predicted molar refractivity (Wildman–Crippen MR) is 192 cm³/mol. The fourth-order valence-corrected chi connectivity index (χ4v) is 9.41. The Morgan fingerprint density at radius 3 is 2.57 bits per heavy atom. The van der Waals surface area contributed by atoms with Crippen molar-refractivity contribution in [3.05, 3.63) is 46.4 Å². The summed E-state index contributed by atoms with van der Waals surface area (Å²) in [5.41, 5.74) is 6.69. The number of aliphatic hydroxyl groups excluding tert-OH is 1. The van der Waals surface area contributed by atoms with Crippen molar-refractivity contribution in [2.45, 2.75) is 63.6 Å². The molecule has 4 fully saturated rings. The Morgan fingerprint density at radius 2 is 1.92 bits per heavy atom. The number of nitrogens with two attached hydrogens (primary N) is 1. The molecule has 1 aliphatic carbocycles. The molecule has 4 aromatic rings. The van der Waals surface area contributed by atoms with Crippen LogP contribution in [0.5, 0.6) is 6.01 Å². The molecule has 8 rings (SSSR count). The lowest BCUT2D eigenvalue weighted by Gasteiger charge is -2.42. The van der Waals surface area contributed by atoms with Crippen molar-refractivity contribution < 1.29 is 23.0 Å². The Hall–Kier alpha value is -3.74. The number of nitrogens with zero attached hydrogens (tertiary/aromatic N) is 7. The zero-order chi connectivity index (χ0) is 35.6. The fourth-order valence-electron chi connectivity index (χ4n) is 8.21. The third-order valence-electron chi connectivity index (χ3n) is 10.9. The van der Waals surface area contributed by atoms with Gasteiger partial charge in [0.25, 0.3) is 0 Å². The molecule has 268 valence electrons. The number of piperazine rings is 1. The number of aliphatic hydroxyl groups is 1. The Balaban J connectivity index is 1.20. The molecule has 0 spiro atoms. The number of halogens is 4. The monoisotopic (exact) mass is 738 g/mol. The van der Waals surface area contributed by atoms with Crippen LogP contribution in [0.3, 0.4) is 0 Å². The molecule has 3 saturated heterocycles. The number of likely N-dealkylation sites (tertiary alicyclic amines) is 2. The van der Waals surface area contributed by atoms with Crippen molar-refractivity contribution in [2.75, 3.05) is 56.5 Å². The molecule has 0 radical (unpaired) electrons. The number of rotatable bonds is 9. The summed E-state index contributed by atoms with van der Waals surface area (Å²) in [5.74, 6) is -0.938. The molecule has 1 saturated carbocycles. The average molecular weight is 739 g/mol. The number of nitriles is 1. The van der Waals surface area contributed by atoms with Crippen LogP contribution >= 0.6 is 22.9 Å². The van der Waals surface area contributed by atoms with Gasteiger partial charge in [-0.2, -0.15) is 15.2 Å². The number of hydrogen-bond donors (Lipinski definition) is 2. The number of piperidine rings is 1. The second kappa shape index (κ2) is 13.3. The summed E-state index contributed by atoms with van der Waals surface area (Å²) < 4.78 is 51.5. The minimum Gasteiger partial charge on any atom is -0.463 e. The number of thiophene rings is 1. The van der Waals surface area contributed by atoms with E-state index in [1.807, 2.05) is 6.07 Å². The first-order valence-electron chi connectivity index (χ1n) is 17.4. The summed E-state index contributed by atoms with van der Waals surface area (Å²) in [6, 6.07) is 3.81. The number of ether oxygens (including phenoxy) is 1. The second-order valence-electron chi connectivity index (χ2n) is 14.6. The first-order chi connectivity index (χ1) is 24.6. The summed E-state index contributed by atoms with van der Waals surface area (Å²) >= 11 is 7.79. The van der Waals surface area contributed by atoms with Crippen molar-refractivity contribution in [1.82, 2.24) is 24.8 Å². The van der Waals surface area contributed by atoms with Crippen molar-refractivity contribution in [2.24, 2.45) is 5.41 Å². The zero-order valence-corrected chi connectivity index (χ0v) is 29.7. The zero-order valence-electron chi connectivity index (χ0n) is 28.1. The topological polar surface area (TPSA) is 128 Å². The number of β-amino-alcohol motifs (C(OH)–C–C–N with tert-alkyl or cyclic N) is 1. The molecule has 2 unspecified atom stereocenters. The van der Waals surface area contributed by atoms with Gasteiger partial charge >= 0.3 is 6.01 Å². The molecule has 3 aromatic heterocycles. The normalized spacial score (nSPS) is 22.5. The minimum absolute atomic E-state index is 0.000958. The number of aromatic nitrogens is 3. The minimum atomic E-state index is -0.786. The van der Waals surface area contributed by atoms with Gasteiger partial charge in [-0.15, -0.1) is 11.3 Å². The van der Waals surface area contributed by atoms with E-state index in [0.717, 1.165) is 74.8 Å². The van der Waals surface area contributed by atoms with E-state index in [2.05, 4.69) is 24.7 Å². The molecule has 3 atom stereocenters. The number of anilines is 2. The highest BCUT2D eigenvalue weighted by Crippen LogP contribution is 2.48. The van der Waals surface area contributed by atoms with Gasteiger partial charge in [-0.05, 0) is 57.1 Å². The van der Waals surface area contributed by atoms with Crippen LogP contribution in [0.4, 0.5) is 24.0 Å². The third-order valence-corrected chi connectivity index (χ3v) is 12.2. The van der Waals surface area contributed by atoms with E-state index >= 15 is 4.39 Å². The van der Waals surface area contributed by atoms with Crippen molar-refractivity contribution in [1.29, 1.82) is 5.26 Å². The van der Waals surface area contributed by atoms with Gasteiger partial charge < -0.3 is 25.4 Å². The highest BCUT2D eigenvalue weighted by Gasteiger charge is 2.46. The van der Waals surface area contributed by atoms with Crippen LogP contribution in [0.25, 0.3) is 32.2 Å². The number of nitrogen functional groups attached to an aromatic ring is 1. The van der Waals surface area contributed by atoms with Gasteiger partial charge in [0.2, 0.25) is 0 Å². The van der Waals surface area contributed by atoms with E-state index in [1.54, 1.807) is 13.0 Å². The summed E-state index contributed by atoms with van der Waals surface area (Å²) in [4.78, 5) is 20.6. The average Bonchev–Trinajstić information content (AvgIpc) is 3.70. The van der Waals surface area contributed by atoms with Gasteiger partial charge in [-0.25, -0.2) is 13.2 Å². The number of fused-ring (bicyclic) bond motifs is 4. The van der Waals surface area contributed by atoms with Gasteiger partial charge in [0.15, 0.2) is 11.6 Å².